The van der Waals surface area contributed by atoms with Crippen molar-refractivity contribution in [1.82, 2.24) is 14.8 Å². The summed E-state index contributed by atoms with van der Waals surface area (Å²) >= 11 is 3.55. The first-order valence-corrected chi connectivity index (χ1v) is 12.1. The van der Waals surface area contributed by atoms with Crippen molar-refractivity contribution in [2.45, 2.75) is 32.2 Å². The SMILES string of the molecule is C=CCn1c(COc2ccc(C)cc2OCC)nnc1SCC(=O)Nc1ccc(I)cc1. The molecule has 1 aromatic heterocycles. The van der Waals surface area contributed by atoms with Gasteiger partial charge in [-0.05, 0) is 78.4 Å². The van der Waals surface area contributed by atoms with Crippen LogP contribution >= 0.6 is 34.4 Å². The molecule has 3 aromatic rings. The van der Waals surface area contributed by atoms with Crippen LogP contribution in [0.4, 0.5) is 5.69 Å². The number of allylic oxidation sites excluding steroid dienone is 1. The van der Waals surface area contributed by atoms with Crippen LogP contribution in [0.1, 0.15) is 18.3 Å². The van der Waals surface area contributed by atoms with Gasteiger partial charge < -0.3 is 14.8 Å². The molecule has 32 heavy (non-hydrogen) atoms. The molecule has 0 unspecified atom stereocenters. The summed E-state index contributed by atoms with van der Waals surface area (Å²) in [6.45, 7) is 9.04. The Balaban J connectivity index is 1.64. The Morgan fingerprint density at radius 1 is 1.19 bits per heavy atom. The van der Waals surface area contributed by atoms with Crippen molar-refractivity contribution in [3.05, 3.63) is 70.1 Å². The number of amides is 1. The van der Waals surface area contributed by atoms with Crippen LogP contribution in [0.2, 0.25) is 0 Å². The van der Waals surface area contributed by atoms with E-state index in [2.05, 4.69) is 44.7 Å². The molecule has 0 spiro atoms. The standard InChI is InChI=1S/C23H25IN4O3S/c1-4-12-28-21(14-31-19-11-6-16(3)13-20(19)30-5-2)26-27-23(28)32-15-22(29)25-18-9-7-17(24)8-10-18/h4,6-11,13H,1,5,12,14-15H2,2-3H3,(H,25,29). The number of rotatable bonds is 11. The Labute approximate surface area is 205 Å². The summed E-state index contributed by atoms with van der Waals surface area (Å²) in [4.78, 5) is 12.3. The topological polar surface area (TPSA) is 78.3 Å². The van der Waals surface area contributed by atoms with Crippen molar-refractivity contribution in [1.29, 1.82) is 0 Å². The van der Waals surface area contributed by atoms with Crippen LogP contribution in [0.15, 0.2) is 60.3 Å². The van der Waals surface area contributed by atoms with Gasteiger partial charge in [0, 0.05) is 15.8 Å². The van der Waals surface area contributed by atoms with Crippen LogP contribution in [-0.2, 0) is 17.9 Å². The second kappa shape index (κ2) is 11.9. The third-order valence-corrected chi connectivity index (χ3v) is 6.01. The Morgan fingerprint density at radius 3 is 2.69 bits per heavy atom. The van der Waals surface area contributed by atoms with Crippen LogP contribution in [0.3, 0.4) is 0 Å². The number of carbonyl (C=O) groups excluding carboxylic acids is 1. The number of aryl methyl sites for hydroxylation is 1. The lowest BCUT2D eigenvalue weighted by molar-refractivity contribution is -0.113. The quantitative estimate of drug-likeness (QED) is 0.199. The molecular formula is C23H25IN4O3S. The molecule has 0 aliphatic rings. The van der Waals surface area contributed by atoms with E-state index in [0.29, 0.717) is 35.6 Å². The minimum Gasteiger partial charge on any atom is -0.490 e. The first-order valence-electron chi connectivity index (χ1n) is 10.1. The highest BCUT2D eigenvalue weighted by Crippen LogP contribution is 2.29. The molecule has 0 radical (unpaired) electrons. The zero-order valence-corrected chi connectivity index (χ0v) is 21.0. The lowest BCUT2D eigenvalue weighted by Gasteiger charge is -2.13. The summed E-state index contributed by atoms with van der Waals surface area (Å²) in [6, 6.07) is 13.5. The van der Waals surface area contributed by atoms with Crippen LogP contribution in [0, 0.1) is 10.5 Å². The van der Waals surface area contributed by atoms with Gasteiger partial charge in [-0.3, -0.25) is 9.36 Å². The number of benzene rings is 2. The lowest BCUT2D eigenvalue weighted by atomic mass is 10.2. The van der Waals surface area contributed by atoms with Gasteiger partial charge in [-0.1, -0.05) is 23.9 Å². The molecule has 168 valence electrons. The number of nitrogens with zero attached hydrogens (tertiary/aromatic N) is 3. The largest absolute Gasteiger partial charge is 0.490 e. The van der Waals surface area contributed by atoms with E-state index in [4.69, 9.17) is 9.47 Å². The molecule has 2 aromatic carbocycles. The van der Waals surface area contributed by atoms with Crippen LogP contribution in [-0.4, -0.2) is 33.0 Å². The van der Waals surface area contributed by atoms with Crippen molar-refractivity contribution < 1.29 is 14.3 Å². The van der Waals surface area contributed by atoms with Gasteiger partial charge >= 0.3 is 0 Å². The predicted molar refractivity (Wildman–Crippen MR) is 135 cm³/mol. The summed E-state index contributed by atoms with van der Waals surface area (Å²) in [5.41, 5.74) is 1.86. The molecule has 0 bridgehead atoms. The third kappa shape index (κ3) is 6.73. The van der Waals surface area contributed by atoms with Crippen molar-refractivity contribution in [2.75, 3.05) is 17.7 Å². The number of hydrogen-bond donors (Lipinski definition) is 1. The average molecular weight is 564 g/mol. The maximum Gasteiger partial charge on any atom is 0.234 e. The second-order valence-corrected chi connectivity index (χ2v) is 9.00. The number of carbonyl (C=O) groups is 1. The smallest absolute Gasteiger partial charge is 0.234 e. The fourth-order valence-electron chi connectivity index (χ4n) is 2.85. The minimum atomic E-state index is -0.108. The molecule has 0 saturated heterocycles. The van der Waals surface area contributed by atoms with Crippen LogP contribution < -0.4 is 14.8 Å². The number of thioether (sulfide) groups is 1. The molecule has 0 fully saturated rings. The Morgan fingerprint density at radius 2 is 1.97 bits per heavy atom. The van der Waals surface area contributed by atoms with Crippen LogP contribution in [0.5, 0.6) is 11.5 Å². The molecular weight excluding hydrogens is 539 g/mol. The van der Waals surface area contributed by atoms with E-state index in [9.17, 15) is 4.79 Å². The van der Waals surface area contributed by atoms with E-state index in [1.54, 1.807) is 6.08 Å². The highest BCUT2D eigenvalue weighted by molar-refractivity contribution is 14.1. The molecule has 1 N–H and O–H groups in total. The highest BCUT2D eigenvalue weighted by Gasteiger charge is 2.15. The fraction of sp³-hybridized carbons (Fsp3) is 0.261. The molecule has 1 amide bonds. The molecule has 7 nitrogen and oxygen atoms in total. The van der Waals surface area contributed by atoms with E-state index in [0.717, 1.165) is 14.8 Å². The fourth-order valence-corrected chi connectivity index (χ4v) is 3.98. The zero-order valence-electron chi connectivity index (χ0n) is 18.0. The van der Waals surface area contributed by atoms with E-state index in [1.807, 2.05) is 60.9 Å². The summed E-state index contributed by atoms with van der Waals surface area (Å²) in [7, 11) is 0. The van der Waals surface area contributed by atoms with Crippen molar-refractivity contribution in [3.63, 3.8) is 0 Å². The molecule has 1 heterocycles. The number of anilines is 1. The predicted octanol–water partition coefficient (Wildman–Crippen LogP) is 5.09. The van der Waals surface area contributed by atoms with Crippen molar-refractivity contribution in [3.8, 4) is 11.5 Å². The normalized spacial score (nSPS) is 10.6. The Kier molecular flexibility index (Phi) is 8.98. The lowest BCUT2D eigenvalue weighted by Crippen LogP contribution is -2.15. The van der Waals surface area contributed by atoms with Gasteiger partial charge in [-0.25, -0.2) is 0 Å². The molecule has 9 heteroatoms. The van der Waals surface area contributed by atoms with E-state index >= 15 is 0 Å². The Bertz CT molecular complexity index is 1070. The second-order valence-electron chi connectivity index (χ2n) is 6.81. The van der Waals surface area contributed by atoms with Gasteiger partial charge in [0.2, 0.25) is 5.91 Å². The summed E-state index contributed by atoms with van der Waals surface area (Å²) < 4.78 is 14.7. The first-order chi connectivity index (χ1) is 15.5. The number of halogens is 1. The van der Waals surface area contributed by atoms with Gasteiger partial charge in [0.1, 0.15) is 6.61 Å². The first kappa shape index (κ1) is 24.1. The number of aromatic nitrogens is 3. The summed E-state index contributed by atoms with van der Waals surface area (Å²) in [5.74, 6) is 2.10. The van der Waals surface area contributed by atoms with Crippen molar-refractivity contribution in [2.24, 2.45) is 0 Å². The molecule has 0 atom stereocenters. The highest BCUT2D eigenvalue weighted by atomic mass is 127. The number of hydrogen-bond acceptors (Lipinski definition) is 6. The molecule has 3 rings (SSSR count). The van der Waals surface area contributed by atoms with Crippen molar-refractivity contribution >= 4 is 45.9 Å². The summed E-state index contributed by atoms with van der Waals surface area (Å²) in [6.07, 6.45) is 1.76. The van der Waals surface area contributed by atoms with E-state index < -0.39 is 0 Å². The monoisotopic (exact) mass is 564 g/mol. The van der Waals surface area contributed by atoms with Gasteiger partial charge in [0.05, 0.1) is 12.4 Å². The zero-order chi connectivity index (χ0) is 22.9. The number of ether oxygens (including phenoxy) is 2. The molecule has 0 saturated carbocycles. The number of nitrogens with one attached hydrogen (secondary N) is 1. The van der Waals surface area contributed by atoms with Crippen LogP contribution in [0.25, 0.3) is 0 Å². The van der Waals surface area contributed by atoms with Gasteiger partial charge in [0.25, 0.3) is 0 Å². The molecule has 0 aliphatic heterocycles. The maximum absolute atomic E-state index is 12.3. The van der Waals surface area contributed by atoms with Gasteiger partial charge in [-0.2, -0.15) is 0 Å². The molecule has 0 aliphatic carbocycles. The third-order valence-electron chi connectivity index (χ3n) is 4.32. The minimum absolute atomic E-state index is 0.108. The van der Waals surface area contributed by atoms with Gasteiger partial charge in [0.15, 0.2) is 22.5 Å². The Hall–Kier alpha value is -2.53. The van der Waals surface area contributed by atoms with E-state index in [1.165, 1.54) is 11.8 Å². The van der Waals surface area contributed by atoms with E-state index in [-0.39, 0.29) is 18.3 Å². The van der Waals surface area contributed by atoms with Gasteiger partial charge in [-0.15, -0.1) is 16.8 Å². The maximum atomic E-state index is 12.3. The summed E-state index contributed by atoms with van der Waals surface area (Å²) in [5, 5.41) is 12.0. The average Bonchev–Trinajstić information content (AvgIpc) is 3.15.